The summed E-state index contributed by atoms with van der Waals surface area (Å²) in [6, 6.07) is 3.43. The van der Waals surface area contributed by atoms with Crippen LogP contribution in [0.5, 0.6) is 0 Å². The average molecular weight is 322 g/mol. The Morgan fingerprint density at radius 2 is 1.95 bits per heavy atom. The largest absolute Gasteiger partial charge is 0.241 e. The van der Waals surface area contributed by atoms with Crippen molar-refractivity contribution in [2.45, 2.75) is 45.1 Å². The van der Waals surface area contributed by atoms with Crippen molar-refractivity contribution in [1.29, 1.82) is 0 Å². The number of alkyl halides is 1. The number of hydrogen-bond acceptors (Lipinski definition) is 2. The van der Waals surface area contributed by atoms with Crippen LogP contribution in [0.1, 0.15) is 32.8 Å². The molecule has 0 spiro atoms. The van der Waals surface area contributed by atoms with E-state index in [2.05, 4.69) is 4.72 Å². The molecule has 0 saturated carbocycles. The maximum atomic E-state index is 13.3. The standard InChI is InChI=1S/C14H21ClFNO2S/c1-10-5-6-11(16)9-12(10)20(18,19)17-13(7-8-15)14(2,3)4/h5-6,9,13,17H,7-8H2,1-4H3. The molecule has 1 unspecified atom stereocenters. The second kappa shape index (κ2) is 6.41. The molecule has 1 rings (SSSR count). The Balaban J connectivity index is 3.13. The van der Waals surface area contributed by atoms with Gasteiger partial charge < -0.3 is 0 Å². The van der Waals surface area contributed by atoms with Crippen LogP contribution >= 0.6 is 11.6 Å². The maximum absolute atomic E-state index is 13.3. The van der Waals surface area contributed by atoms with E-state index in [-0.39, 0.29) is 16.4 Å². The molecule has 20 heavy (non-hydrogen) atoms. The number of aryl methyl sites for hydroxylation is 1. The van der Waals surface area contributed by atoms with Gasteiger partial charge in [0.05, 0.1) is 4.90 Å². The van der Waals surface area contributed by atoms with E-state index in [1.165, 1.54) is 12.1 Å². The number of benzene rings is 1. The van der Waals surface area contributed by atoms with Crippen LogP contribution in [0.4, 0.5) is 4.39 Å². The lowest BCUT2D eigenvalue weighted by Gasteiger charge is -2.31. The van der Waals surface area contributed by atoms with Gasteiger partial charge in [-0.05, 0) is 36.5 Å². The quantitative estimate of drug-likeness (QED) is 0.844. The first kappa shape index (κ1) is 17.4. The van der Waals surface area contributed by atoms with Crippen molar-refractivity contribution in [1.82, 2.24) is 4.72 Å². The highest BCUT2D eigenvalue weighted by Gasteiger charge is 2.30. The van der Waals surface area contributed by atoms with E-state index in [4.69, 9.17) is 11.6 Å². The molecule has 0 radical (unpaired) electrons. The van der Waals surface area contributed by atoms with Crippen molar-refractivity contribution < 1.29 is 12.8 Å². The smallest absolute Gasteiger partial charge is 0.207 e. The zero-order valence-corrected chi connectivity index (χ0v) is 13.8. The van der Waals surface area contributed by atoms with Crippen molar-refractivity contribution in [2.75, 3.05) is 5.88 Å². The number of sulfonamides is 1. The first-order valence-corrected chi connectivity index (χ1v) is 8.44. The van der Waals surface area contributed by atoms with Gasteiger partial charge in [0.25, 0.3) is 0 Å². The summed E-state index contributed by atoms with van der Waals surface area (Å²) < 4.78 is 40.8. The summed E-state index contributed by atoms with van der Waals surface area (Å²) in [6.07, 6.45) is 0.513. The fourth-order valence-corrected chi connectivity index (χ4v) is 3.84. The van der Waals surface area contributed by atoms with Gasteiger partial charge in [0.1, 0.15) is 5.82 Å². The van der Waals surface area contributed by atoms with E-state index in [1.807, 2.05) is 20.8 Å². The highest BCUT2D eigenvalue weighted by atomic mass is 35.5. The van der Waals surface area contributed by atoms with Gasteiger partial charge >= 0.3 is 0 Å². The van der Waals surface area contributed by atoms with Crippen molar-refractivity contribution >= 4 is 21.6 Å². The summed E-state index contributed by atoms with van der Waals surface area (Å²) in [6.45, 7) is 7.45. The minimum atomic E-state index is -3.77. The highest BCUT2D eigenvalue weighted by Crippen LogP contribution is 2.25. The molecule has 0 aliphatic heterocycles. The summed E-state index contributed by atoms with van der Waals surface area (Å²) in [5.74, 6) is -0.215. The Kier molecular flexibility index (Phi) is 5.58. The molecule has 1 aromatic carbocycles. The summed E-state index contributed by atoms with van der Waals surface area (Å²) in [4.78, 5) is -0.0266. The van der Waals surface area contributed by atoms with Gasteiger partial charge in [-0.2, -0.15) is 0 Å². The van der Waals surface area contributed by atoms with Crippen LogP contribution in [0.15, 0.2) is 23.1 Å². The van der Waals surface area contributed by atoms with Crippen LogP contribution in [-0.2, 0) is 10.0 Å². The first-order chi connectivity index (χ1) is 9.08. The molecule has 3 nitrogen and oxygen atoms in total. The molecule has 1 N–H and O–H groups in total. The SMILES string of the molecule is Cc1ccc(F)cc1S(=O)(=O)NC(CCCl)C(C)(C)C. The predicted molar refractivity (Wildman–Crippen MR) is 80.0 cm³/mol. The minimum absolute atomic E-state index is 0.0266. The monoisotopic (exact) mass is 321 g/mol. The number of halogens is 2. The molecule has 114 valence electrons. The number of nitrogens with one attached hydrogen (secondary N) is 1. The van der Waals surface area contributed by atoms with E-state index in [0.717, 1.165) is 6.07 Å². The van der Waals surface area contributed by atoms with Crippen molar-refractivity contribution in [3.8, 4) is 0 Å². The number of hydrogen-bond donors (Lipinski definition) is 1. The zero-order valence-electron chi connectivity index (χ0n) is 12.2. The average Bonchev–Trinajstić information content (AvgIpc) is 2.30. The molecule has 0 aliphatic carbocycles. The summed E-state index contributed by atoms with van der Waals surface area (Å²) >= 11 is 5.74. The summed E-state index contributed by atoms with van der Waals surface area (Å²) in [7, 11) is -3.77. The summed E-state index contributed by atoms with van der Waals surface area (Å²) in [5.41, 5.74) is 0.237. The molecular formula is C14H21ClFNO2S. The molecule has 0 fully saturated rings. The van der Waals surface area contributed by atoms with Crippen LogP contribution in [0.3, 0.4) is 0 Å². The van der Waals surface area contributed by atoms with Crippen molar-refractivity contribution in [3.63, 3.8) is 0 Å². The van der Waals surface area contributed by atoms with Crippen molar-refractivity contribution in [3.05, 3.63) is 29.6 Å². The molecule has 0 bridgehead atoms. The van der Waals surface area contributed by atoms with Crippen LogP contribution in [0.2, 0.25) is 0 Å². The predicted octanol–water partition coefficient (Wildman–Crippen LogP) is 3.46. The Morgan fingerprint density at radius 3 is 2.45 bits per heavy atom. The topological polar surface area (TPSA) is 46.2 Å². The zero-order chi connectivity index (χ0) is 15.6. The molecule has 0 heterocycles. The van der Waals surface area contributed by atoms with Gasteiger partial charge in [-0.25, -0.2) is 17.5 Å². The highest BCUT2D eigenvalue weighted by molar-refractivity contribution is 7.89. The molecule has 0 saturated heterocycles. The van der Waals surface area contributed by atoms with Gasteiger partial charge in [0, 0.05) is 11.9 Å². The Bertz CT molecular complexity index is 567. The summed E-state index contributed by atoms with van der Waals surface area (Å²) in [5, 5.41) is 0. The molecule has 0 aromatic heterocycles. The Morgan fingerprint density at radius 1 is 1.35 bits per heavy atom. The van der Waals surface area contributed by atoms with Gasteiger partial charge in [-0.1, -0.05) is 26.8 Å². The van der Waals surface area contributed by atoms with Crippen molar-refractivity contribution in [2.24, 2.45) is 5.41 Å². The third kappa shape index (κ3) is 4.43. The van der Waals surface area contributed by atoms with Crippen LogP contribution in [0, 0.1) is 18.2 Å². The van der Waals surface area contributed by atoms with Gasteiger partial charge in [-0.15, -0.1) is 11.6 Å². The lowest BCUT2D eigenvalue weighted by molar-refractivity contribution is 0.292. The van der Waals surface area contributed by atoms with E-state index in [0.29, 0.717) is 17.9 Å². The van der Waals surface area contributed by atoms with Crippen LogP contribution < -0.4 is 4.72 Å². The Hall–Kier alpha value is -0.650. The second-order valence-electron chi connectivity index (χ2n) is 5.93. The molecule has 0 amide bonds. The van der Waals surface area contributed by atoms with E-state index in [1.54, 1.807) is 6.92 Å². The van der Waals surface area contributed by atoms with E-state index in [9.17, 15) is 12.8 Å². The molecular weight excluding hydrogens is 301 g/mol. The first-order valence-electron chi connectivity index (χ1n) is 6.42. The van der Waals surface area contributed by atoms with Gasteiger partial charge in [-0.3, -0.25) is 0 Å². The fourth-order valence-electron chi connectivity index (χ4n) is 1.89. The lowest BCUT2D eigenvalue weighted by atomic mass is 9.86. The van der Waals surface area contributed by atoms with E-state index < -0.39 is 15.8 Å². The number of rotatable bonds is 5. The second-order valence-corrected chi connectivity index (χ2v) is 7.99. The fraction of sp³-hybridized carbons (Fsp3) is 0.571. The molecule has 6 heteroatoms. The molecule has 0 aliphatic rings. The Labute approximate surface area is 125 Å². The third-order valence-electron chi connectivity index (χ3n) is 3.18. The minimum Gasteiger partial charge on any atom is -0.207 e. The maximum Gasteiger partial charge on any atom is 0.241 e. The van der Waals surface area contributed by atoms with Crippen LogP contribution in [-0.4, -0.2) is 20.3 Å². The van der Waals surface area contributed by atoms with Gasteiger partial charge in [0.15, 0.2) is 0 Å². The molecule has 1 aromatic rings. The van der Waals surface area contributed by atoms with Gasteiger partial charge in [0.2, 0.25) is 10.0 Å². The lowest BCUT2D eigenvalue weighted by Crippen LogP contribution is -2.44. The third-order valence-corrected chi connectivity index (χ3v) is 5.01. The van der Waals surface area contributed by atoms with E-state index >= 15 is 0 Å². The normalized spacial score (nSPS) is 14.3. The molecule has 1 atom stereocenters. The van der Waals surface area contributed by atoms with Crippen LogP contribution in [0.25, 0.3) is 0 Å².